The van der Waals surface area contributed by atoms with Gasteiger partial charge in [-0.15, -0.1) is 0 Å². The molecule has 0 spiro atoms. The van der Waals surface area contributed by atoms with Crippen LogP contribution in [0.3, 0.4) is 0 Å². The summed E-state index contributed by atoms with van der Waals surface area (Å²) < 4.78 is 28.0. The molecular weight excluding hydrogens is 321 g/mol. The quantitative estimate of drug-likeness (QED) is 0.458. The van der Waals surface area contributed by atoms with Gasteiger partial charge in [-0.1, -0.05) is 30.3 Å². The molecule has 0 amide bonds. The molecule has 0 aromatic heterocycles. The predicted octanol–water partition coefficient (Wildman–Crippen LogP) is 2.30. The zero-order valence-corrected chi connectivity index (χ0v) is 14.4. The first-order valence-corrected chi connectivity index (χ1v) is 9.15. The van der Waals surface area contributed by atoms with E-state index in [1.807, 2.05) is 30.3 Å². The van der Waals surface area contributed by atoms with Gasteiger partial charge in [-0.3, -0.25) is 9.36 Å². The predicted molar refractivity (Wildman–Crippen MR) is 85.9 cm³/mol. The number of ether oxygens (including phenoxy) is 1. The summed E-state index contributed by atoms with van der Waals surface area (Å²) in [6.07, 6.45) is -1.10. The van der Waals surface area contributed by atoms with Gasteiger partial charge in [0.2, 0.25) is 0 Å². The SMILES string of the molecule is CCOP(=O)(COC(CON)C(=O)Cc1ccccc1)OCC. The molecule has 0 radical (unpaired) electrons. The Morgan fingerprint density at radius 2 is 1.78 bits per heavy atom. The minimum Gasteiger partial charge on any atom is -0.355 e. The van der Waals surface area contributed by atoms with E-state index in [2.05, 4.69) is 4.84 Å². The molecule has 0 bridgehead atoms. The van der Waals surface area contributed by atoms with Crippen LogP contribution in [0.25, 0.3) is 0 Å². The topological polar surface area (TPSA) is 97.1 Å². The average molecular weight is 345 g/mol. The molecule has 23 heavy (non-hydrogen) atoms. The Balaban J connectivity index is 2.66. The molecule has 7 nitrogen and oxygen atoms in total. The van der Waals surface area contributed by atoms with Crippen molar-refractivity contribution in [3.05, 3.63) is 35.9 Å². The van der Waals surface area contributed by atoms with Crippen LogP contribution in [0.1, 0.15) is 19.4 Å². The van der Waals surface area contributed by atoms with Crippen molar-refractivity contribution in [1.82, 2.24) is 0 Å². The lowest BCUT2D eigenvalue weighted by atomic mass is 10.1. The Hall–Kier alpha value is -1.08. The molecule has 8 heteroatoms. The minimum atomic E-state index is -3.39. The van der Waals surface area contributed by atoms with Gasteiger partial charge in [-0.25, -0.2) is 5.90 Å². The van der Waals surface area contributed by atoms with Crippen LogP contribution in [0.4, 0.5) is 0 Å². The Morgan fingerprint density at radius 3 is 2.30 bits per heavy atom. The first-order valence-electron chi connectivity index (χ1n) is 7.42. The van der Waals surface area contributed by atoms with Crippen LogP contribution in [-0.4, -0.2) is 38.1 Å². The second kappa shape index (κ2) is 10.6. The summed E-state index contributed by atoms with van der Waals surface area (Å²) >= 11 is 0. The van der Waals surface area contributed by atoms with Crippen molar-refractivity contribution < 1.29 is 28.0 Å². The first-order chi connectivity index (χ1) is 11.0. The second-order valence-corrected chi connectivity index (χ2v) is 6.69. The standard InChI is InChI=1S/C15H24NO6P/c1-3-21-23(18,22-4-2)12-19-15(11-20-16)14(17)10-13-8-6-5-7-9-13/h5-9,15H,3-4,10-12,16H2,1-2H3. The van der Waals surface area contributed by atoms with Crippen molar-refractivity contribution >= 4 is 13.4 Å². The lowest BCUT2D eigenvalue weighted by Gasteiger charge is -2.21. The lowest BCUT2D eigenvalue weighted by molar-refractivity contribution is -0.133. The highest BCUT2D eigenvalue weighted by Gasteiger charge is 2.28. The molecular formula is C15H24NO6P. The third kappa shape index (κ3) is 7.35. The molecule has 130 valence electrons. The highest BCUT2D eigenvalue weighted by molar-refractivity contribution is 7.53. The number of hydrogen-bond donors (Lipinski definition) is 1. The Labute approximate surface area is 136 Å². The van der Waals surface area contributed by atoms with E-state index in [-0.39, 0.29) is 38.4 Å². The molecule has 0 aliphatic rings. The van der Waals surface area contributed by atoms with Gasteiger partial charge in [0.1, 0.15) is 19.1 Å². The summed E-state index contributed by atoms with van der Waals surface area (Å²) in [5, 5.41) is 0. The minimum absolute atomic E-state index is 0.135. The van der Waals surface area contributed by atoms with E-state index in [1.165, 1.54) is 0 Å². The summed E-state index contributed by atoms with van der Waals surface area (Å²) in [6, 6.07) is 9.23. The van der Waals surface area contributed by atoms with Gasteiger partial charge >= 0.3 is 7.60 Å². The monoisotopic (exact) mass is 345 g/mol. The second-order valence-electron chi connectivity index (χ2n) is 4.69. The Kier molecular flexibility index (Phi) is 9.24. The van der Waals surface area contributed by atoms with E-state index in [0.717, 1.165) is 5.56 Å². The number of Topliss-reactive ketones (excluding diaryl/α,β-unsaturated/α-hetero) is 1. The van der Waals surface area contributed by atoms with E-state index >= 15 is 0 Å². The number of ketones is 1. The summed E-state index contributed by atoms with van der Waals surface area (Å²) in [6.45, 7) is 3.70. The molecule has 1 atom stereocenters. The Bertz CT molecular complexity index is 500. The number of nitrogens with two attached hydrogens (primary N) is 1. The Morgan fingerprint density at radius 1 is 1.17 bits per heavy atom. The average Bonchev–Trinajstić information content (AvgIpc) is 2.53. The highest BCUT2D eigenvalue weighted by atomic mass is 31.2. The molecule has 2 N–H and O–H groups in total. The molecule has 0 aliphatic heterocycles. The van der Waals surface area contributed by atoms with E-state index in [9.17, 15) is 9.36 Å². The third-order valence-corrected chi connectivity index (χ3v) is 4.68. The molecule has 1 aromatic carbocycles. The van der Waals surface area contributed by atoms with Crippen molar-refractivity contribution in [3.8, 4) is 0 Å². The maximum absolute atomic E-state index is 12.4. The smallest absolute Gasteiger partial charge is 0.355 e. The van der Waals surface area contributed by atoms with Crippen molar-refractivity contribution in [2.75, 3.05) is 26.2 Å². The number of carbonyl (C=O) groups excluding carboxylic acids is 1. The van der Waals surface area contributed by atoms with Crippen LogP contribution in [-0.2, 0) is 34.4 Å². The fraction of sp³-hybridized carbons (Fsp3) is 0.533. The van der Waals surface area contributed by atoms with Crippen LogP contribution >= 0.6 is 7.60 Å². The molecule has 0 fully saturated rings. The van der Waals surface area contributed by atoms with Gasteiger partial charge < -0.3 is 18.6 Å². The van der Waals surface area contributed by atoms with Gasteiger partial charge in [0.15, 0.2) is 5.78 Å². The molecule has 0 heterocycles. The van der Waals surface area contributed by atoms with E-state index in [0.29, 0.717) is 0 Å². The van der Waals surface area contributed by atoms with Gasteiger partial charge in [-0.2, -0.15) is 0 Å². The van der Waals surface area contributed by atoms with Crippen molar-refractivity contribution in [3.63, 3.8) is 0 Å². The third-order valence-electron chi connectivity index (χ3n) is 2.91. The lowest BCUT2D eigenvalue weighted by Crippen LogP contribution is -2.32. The first kappa shape index (κ1) is 20.0. The van der Waals surface area contributed by atoms with Crippen molar-refractivity contribution in [1.29, 1.82) is 0 Å². The molecule has 1 rings (SSSR count). The number of hydrogen-bond acceptors (Lipinski definition) is 7. The maximum Gasteiger partial charge on any atom is 0.356 e. The number of carbonyl (C=O) groups is 1. The summed E-state index contributed by atoms with van der Waals surface area (Å²) in [7, 11) is -3.39. The maximum atomic E-state index is 12.4. The van der Waals surface area contributed by atoms with Gasteiger partial charge in [0, 0.05) is 6.42 Å². The number of rotatable bonds is 12. The van der Waals surface area contributed by atoms with E-state index in [4.69, 9.17) is 19.7 Å². The van der Waals surface area contributed by atoms with Crippen LogP contribution in [0.15, 0.2) is 30.3 Å². The summed E-state index contributed by atoms with van der Waals surface area (Å²) in [4.78, 5) is 16.8. The zero-order valence-electron chi connectivity index (χ0n) is 13.5. The van der Waals surface area contributed by atoms with Gasteiger partial charge in [0.25, 0.3) is 0 Å². The van der Waals surface area contributed by atoms with Crippen LogP contribution in [0, 0.1) is 0 Å². The normalized spacial score (nSPS) is 13.0. The largest absolute Gasteiger partial charge is 0.356 e. The zero-order chi connectivity index (χ0) is 17.1. The molecule has 0 aliphatic carbocycles. The molecule has 1 aromatic rings. The fourth-order valence-electron chi connectivity index (χ4n) is 1.92. The molecule has 0 saturated heterocycles. The van der Waals surface area contributed by atoms with Gasteiger partial charge in [0.05, 0.1) is 13.2 Å². The fourth-order valence-corrected chi connectivity index (χ4v) is 3.29. The summed E-state index contributed by atoms with van der Waals surface area (Å²) in [5.74, 6) is 4.83. The van der Waals surface area contributed by atoms with E-state index < -0.39 is 13.7 Å². The van der Waals surface area contributed by atoms with Crippen molar-refractivity contribution in [2.45, 2.75) is 26.4 Å². The number of benzene rings is 1. The van der Waals surface area contributed by atoms with E-state index in [1.54, 1.807) is 13.8 Å². The van der Waals surface area contributed by atoms with Gasteiger partial charge in [-0.05, 0) is 19.4 Å². The van der Waals surface area contributed by atoms with Crippen LogP contribution in [0.5, 0.6) is 0 Å². The van der Waals surface area contributed by atoms with Crippen molar-refractivity contribution in [2.24, 2.45) is 5.90 Å². The molecule has 1 unspecified atom stereocenters. The van der Waals surface area contributed by atoms with Crippen LogP contribution < -0.4 is 5.90 Å². The molecule has 0 saturated carbocycles. The summed E-state index contributed by atoms with van der Waals surface area (Å²) in [5.41, 5.74) is 0.848. The highest BCUT2D eigenvalue weighted by Crippen LogP contribution is 2.48. The van der Waals surface area contributed by atoms with Crippen LogP contribution in [0.2, 0.25) is 0 Å².